The van der Waals surface area contributed by atoms with Gasteiger partial charge in [-0.3, -0.25) is 14.1 Å². The molecule has 0 spiro atoms. The zero-order valence-electron chi connectivity index (χ0n) is 7.02. The van der Waals surface area contributed by atoms with Gasteiger partial charge in [0.1, 0.15) is 0 Å². The summed E-state index contributed by atoms with van der Waals surface area (Å²) < 4.78 is 0. The molecule has 0 radical (unpaired) electrons. The van der Waals surface area contributed by atoms with Gasteiger partial charge in [0.15, 0.2) is 0 Å². The largest absolute Gasteiger partial charge is 2.00 e. The molecule has 0 aliphatic carbocycles. The molecule has 0 saturated heterocycles. The van der Waals surface area contributed by atoms with Gasteiger partial charge in [0, 0.05) is 0 Å². The van der Waals surface area contributed by atoms with Gasteiger partial charge in [0.05, 0.1) is 0 Å². The fourth-order valence-corrected chi connectivity index (χ4v) is 0. The van der Waals surface area contributed by atoms with Gasteiger partial charge >= 0.3 is 19.5 Å². The van der Waals surface area contributed by atoms with Gasteiger partial charge in [0.25, 0.3) is 0 Å². The van der Waals surface area contributed by atoms with Crippen LogP contribution >= 0.6 is 0 Å². The molecule has 0 atom stereocenters. The van der Waals surface area contributed by atoms with E-state index in [4.69, 9.17) is 0 Å². The Bertz CT molecular complexity index is 26.5. The van der Waals surface area contributed by atoms with Crippen LogP contribution in [0.3, 0.4) is 0 Å². The number of nitrogens with zero attached hydrogens (tertiary/aromatic N) is 2. The molecule has 9 heavy (non-hydrogen) atoms. The molecule has 52 valence electrons. The van der Waals surface area contributed by atoms with Gasteiger partial charge in [-0.05, 0) is 28.2 Å². The maximum absolute atomic E-state index is 3.47. The van der Waals surface area contributed by atoms with Crippen molar-refractivity contribution in [2.75, 3.05) is 28.2 Å². The monoisotopic (exact) mass is 180 g/mol. The van der Waals surface area contributed by atoms with E-state index in [-0.39, 0.29) is 19.5 Å². The Morgan fingerprint density at radius 2 is 0.778 bits per heavy atom. The van der Waals surface area contributed by atoms with Crippen molar-refractivity contribution in [2.24, 2.45) is 0 Å². The Kier molecular flexibility index (Phi) is 20.5. The van der Waals surface area contributed by atoms with E-state index in [2.05, 4.69) is 14.1 Å². The van der Waals surface area contributed by atoms with Crippen molar-refractivity contribution >= 4 is 0 Å². The third kappa shape index (κ3) is 1240. The van der Waals surface area contributed by atoms with E-state index in [0.29, 0.717) is 0 Å². The molecule has 0 rings (SSSR count). The Hall–Kier alpha value is 0.543. The summed E-state index contributed by atoms with van der Waals surface area (Å²) in [5, 5.41) is 0. The van der Waals surface area contributed by atoms with E-state index in [1.807, 2.05) is 28.2 Å². The van der Waals surface area contributed by atoms with Crippen molar-refractivity contribution in [1.29, 1.82) is 0 Å². The fourth-order valence-electron chi connectivity index (χ4n) is 0. The van der Waals surface area contributed by atoms with E-state index in [9.17, 15) is 0 Å². The second-order valence-electron chi connectivity index (χ2n) is 2.16. The quantitative estimate of drug-likeness (QED) is 0.401. The first-order chi connectivity index (χ1) is 3.46. The summed E-state index contributed by atoms with van der Waals surface area (Å²) in [4.78, 5) is 3.50. The Labute approximate surface area is 72.0 Å². The maximum Gasteiger partial charge on any atom is 2.00 e. The van der Waals surface area contributed by atoms with Gasteiger partial charge in [-0.1, -0.05) is 0 Å². The van der Waals surface area contributed by atoms with Crippen LogP contribution in [0.4, 0.5) is 0 Å². The molecule has 0 aromatic carbocycles. The third-order valence-corrected chi connectivity index (χ3v) is 0. The average molecular weight is 182 g/mol. The summed E-state index contributed by atoms with van der Waals surface area (Å²) in [5.41, 5.74) is 0. The van der Waals surface area contributed by atoms with Crippen molar-refractivity contribution in [1.82, 2.24) is 9.80 Å². The van der Waals surface area contributed by atoms with Crippen LogP contribution in [0.25, 0.3) is 0 Å². The summed E-state index contributed by atoms with van der Waals surface area (Å²) in [6, 6.07) is 0. The molecule has 0 fully saturated rings. The van der Waals surface area contributed by atoms with Crippen LogP contribution in [0.5, 0.6) is 0 Å². The number of rotatable bonds is 0. The first kappa shape index (κ1) is 16.3. The van der Waals surface area contributed by atoms with Gasteiger partial charge < -0.3 is 9.80 Å². The van der Waals surface area contributed by atoms with Crippen molar-refractivity contribution in [3.63, 3.8) is 0 Å². The third-order valence-electron chi connectivity index (χ3n) is 0. The molecule has 0 N–H and O–H groups in total. The summed E-state index contributed by atoms with van der Waals surface area (Å²) >= 11 is 0. The molecule has 0 bridgehead atoms. The minimum absolute atomic E-state index is 0. The normalized spacial score (nSPS) is 8.00. The number of hydrogen-bond donors (Lipinski definition) is 0. The van der Waals surface area contributed by atoms with Crippen LogP contribution in [0.1, 0.15) is 0 Å². The van der Waals surface area contributed by atoms with Crippen LogP contribution in [0.15, 0.2) is 0 Å². The van der Waals surface area contributed by atoms with E-state index < -0.39 is 0 Å². The van der Waals surface area contributed by atoms with Crippen molar-refractivity contribution in [3.8, 4) is 0 Å². The molecule has 0 unspecified atom stereocenters. The van der Waals surface area contributed by atoms with E-state index in [0.717, 1.165) is 0 Å². The van der Waals surface area contributed by atoms with Gasteiger partial charge in [-0.2, -0.15) is 0 Å². The first-order valence-electron chi connectivity index (χ1n) is 2.42. The first-order valence-corrected chi connectivity index (χ1v) is 2.42. The smallest absolute Gasteiger partial charge is 0.464 e. The summed E-state index contributed by atoms with van der Waals surface area (Å²) in [7, 11) is 14.5. The molecule has 0 aromatic heterocycles. The predicted octanol–water partition coefficient (Wildman–Crippen LogP) is 0.677. The molecular weight excluding hydrogens is 165 g/mol. The second-order valence-corrected chi connectivity index (χ2v) is 2.16. The van der Waals surface area contributed by atoms with Crippen molar-refractivity contribution < 1.29 is 19.5 Å². The van der Waals surface area contributed by atoms with E-state index in [1.54, 1.807) is 9.80 Å². The maximum atomic E-state index is 3.47. The van der Waals surface area contributed by atoms with Crippen LogP contribution in [0.2, 0.25) is 0 Å². The van der Waals surface area contributed by atoms with Gasteiger partial charge in [-0.15, -0.1) is 0 Å². The molecule has 0 aromatic rings. The van der Waals surface area contributed by atoms with Crippen LogP contribution < -0.4 is 0 Å². The Balaban J connectivity index is -0.0000000720. The Morgan fingerprint density at radius 1 is 0.778 bits per heavy atom. The molecule has 0 amide bonds. The minimum Gasteiger partial charge on any atom is -0.464 e. The fraction of sp³-hybridized carbons (Fsp3) is 0.667. The van der Waals surface area contributed by atoms with Gasteiger partial charge in [-0.25, -0.2) is 0 Å². The van der Waals surface area contributed by atoms with Crippen molar-refractivity contribution in [2.45, 2.75) is 0 Å². The molecule has 3 heteroatoms. The minimum atomic E-state index is 0. The Morgan fingerprint density at radius 3 is 0.778 bits per heavy atom. The topological polar surface area (TPSA) is 6.48 Å². The average Bonchev–Trinajstić information content (AvgIpc) is 1.25. The SMILES string of the molecule is [CH2-]N(C)C.[CH2-]N(C)C.[Zn+2]. The second kappa shape index (κ2) is 11.4. The molecule has 2 nitrogen and oxygen atoms in total. The van der Waals surface area contributed by atoms with Crippen molar-refractivity contribution in [3.05, 3.63) is 14.1 Å². The van der Waals surface area contributed by atoms with E-state index >= 15 is 0 Å². The van der Waals surface area contributed by atoms with E-state index in [1.165, 1.54) is 0 Å². The van der Waals surface area contributed by atoms with Crippen LogP contribution in [0, 0.1) is 14.1 Å². The zero-order chi connectivity index (χ0) is 7.15. The standard InChI is InChI=1S/2C3H8N.Zn/c2*1-4(2)3;/h2*1H2,2-3H3;/q2*-1;+2. The summed E-state index contributed by atoms with van der Waals surface area (Å²) in [5.74, 6) is 0. The molecule has 0 aliphatic rings. The van der Waals surface area contributed by atoms with Gasteiger partial charge in [0.2, 0.25) is 0 Å². The van der Waals surface area contributed by atoms with Crippen LogP contribution in [-0.2, 0) is 19.5 Å². The van der Waals surface area contributed by atoms with Crippen LogP contribution in [-0.4, -0.2) is 38.0 Å². The predicted molar refractivity (Wildman–Crippen MR) is 38.1 cm³/mol. The summed E-state index contributed by atoms with van der Waals surface area (Å²) in [6.07, 6.45) is 0. The molecule has 0 heterocycles. The zero-order valence-corrected chi connectivity index (χ0v) is 9.98. The molecule has 0 aliphatic heterocycles. The molecule has 0 saturated carbocycles. The summed E-state index contributed by atoms with van der Waals surface area (Å²) in [6.45, 7) is 0. The number of hydrogen-bond acceptors (Lipinski definition) is 2. The molecular formula is C6H16N2Zn.